The number of benzene rings is 1. The molecule has 19 heavy (non-hydrogen) atoms. The third-order valence-corrected chi connectivity index (χ3v) is 4.27. The van der Waals surface area contributed by atoms with Crippen molar-refractivity contribution in [2.75, 3.05) is 6.61 Å². The summed E-state index contributed by atoms with van der Waals surface area (Å²) in [7, 11) is 0. The number of aromatic nitrogens is 1. The van der Waals surface area contributed by atoms with Crippen LogP contribution in [0.2, 0.25) is 0 Å². The SMILES string of the molecule is O=C(O)COc1ccc(-c2nc3c(s2)CCC3)cc1. The van der Waals surface area contributed by atoms with Gasteiger partial charge in [-0.15, -0.1) is 11.3 Å². The van der Waals surface area contributed by atoms with Gasteiger partial charge in [-0.25, -0.2) is 9.78 Å². The van der Waals surface area contributed by atoms with Gasteiger partial charge < -0.3 is 9.84 Å². The van der Waals surface area contributed by atoms with E-state index in [1.165, 1.54) is 17.0 Å². The fourth-order valence-corrected chi connectivity index (χ4v) is 3.31. The van der Waals surface area contributed by atoms with E-state index in [4.69, 9.17) is 9.84 Å². The Morgan fingerprint density at radius 2 is 2.11 bits per heavy atom. The first kappa shape index (κ1) is 12.2. The molecule has 4 nitrogen and oxygen atoms in total. The summed E-state index contributed by atoms with van der Waals surface area (Å²) in [5.41, 5.74) is 2.30. The number of fused-ring (bicyclic) bond motifs is 1. The van der Waals surface area contributed by atoms with E-state index in [1.807, 2.05) is 12.1 Å². The maximum Gasteiger partial charge on any atom is 0.341 e. The van der Waals surface area contributed by atoms with Crippen LogP contribution in [0.15, 0.2) is 24.3 Å². The van der Waals surface area contributed by atoms with Crippen molar-refractivity contribution in [1.29, 1.82) is 0 Å². The van der Waals surface area contributed by atoms with Gasteiger partial charge in [-0.1, -0.05) is 0 Å². The highest BCUT2D eigenvalue weighted by Crippen LogP contribution is 2.33. The molecule has 0 spiro atoms. The van der Waals surface area contributed by atoms with Crippen LogP contribution < -0.4 is 4.74 Å². The third-order valence-electron chi connectivity index (χ3n) is 3.06. The lowest BCUT2D eigenvalue weighted by atomic mass is 10.2. The smallest absolute Gasteiger partial charge is 0.341 e. The Labute approximate surface area is 114 Å². The quantitative estimate of drug-likeness (QED) is 0.932. The lowest BCUT2D eigenvalue weighted by Crippen LogP contribution is -2.09. The molecule has 0 bridgehead atoms. The molecule has 0 aliphatic heterocycles. The molecule has 0 amide bonds. The van der Waals surface area contributed by atoms with Crippen molar-refractivity contribution in [3.63, 3.8) is 0 Å². The standard InChI is InChI=1S/C14H13NO3S/c16-13(17)8-18-10-6-4-9(5-7-10)14-15-11-2-1-3-12(11)19-14/h4-7H,1-3,8H2,(H,16,17). The number of carboxylic acids is 1. The van der Waals surface area contributed by atoms with Crippen LogP contribution >= 0.6 is 11.3 Å². The lowest BCUT2D eigenvalue weighted by Gasteiger charge is -2.03. The van der Waals surface area contributed by atoms with Crippen molar-refractivity contribution >= 4 is 17.3 Å². The Kier molecular flexibility index (Phi) is 3.21. The molecule has 2 aromatic rings. The van der Waals surface area contributed by atoms with E-state index in [0.29, 0.717) is 5.75 Å². The maximum absolute atomic E-state index is 10.4. The minimum absolute atomic E-state index is 0.315. The number of carbonyl (C=O) groups is 1. The first-order valence-electron chi connectivity index (χ1n) is 6.16. The number of nitrogens with zero attached hydrogens (tertiary/aromatic N) is 1. The normalized spacial score (nSPS) is 13.3. The molecule has 0 fully saturated rings. The summed E-state index contributed by atoms with van der Waals surface area (Å²) in [6.45, 7) is -0.315. The van der Waals surface area contributed by atoms with Gasteiger partial charge in [0.2, 0.25) is 0 Å². The van der Waals surface area contributed by atoms with Gasteiger partial charge in [-0.2, -0.15) is 0 Å². The summed E-state index contributed by atoms with van der Waals surface area (Å²) in [5.74, 6) is -0.407. The predicted molar refractivity (Wildman–Crippen MR) is 72.7 cm³/mol. The molecule has 1 aromatic heterocycles. The third kappa shape index (κ3) is 2.61. The highest BCUT2D eigenvalue weighted by atomic mass is 32.1. The molecule has 0 atom stereocenters. The second-order valence-corrected chi connectivity index (χ2v) is 5.53. The average Bonchev–Trinajstić information content (AvgIpc) is 2.97. The highest BCUT2D eigenvalue weighted by molar-refractivity contribution is 7.15. The Balaban J connectivity index is 1.76. The van der Waals surface area contributed by atoms with E-state index >= 15 is 0 Å². The summed E-state index contributed by atoms with van der Waals surface area (Å²) in [6, 6.07) is 7.41. The summed E-state index contributed by atoms with van der Waals surface area (Å²) in [5, 5.41) is 9.58. The second kappa shape index (κ2) is 5.01. The number of hydrogen-bond acceptors (Lipinski definition) is 4. The summed E-state index contributed by atoms with van der Waals surface area (Å²) >= 11 is 1.75. The average molecular weight is 275 g/mol. The van der Waals surface area contributed by atoms with Crippen molar-refractivity contribution in [2.24, 2.45) is 0 Å². The summed E-state index contributed by atoms with van der Waals surface area (Å²) in [4.78, 5) is 16.5. The van der Waals surface area contributed by atoms with Crippen molar-refractivity contribution in [3.05, 3.63) is 34.8 Å². The van der Waals surface area contributed by atoms with E-state index < -0.39 is 5.97 Å². The second-order valence-electron chi connectivity index (χ2n) is 4.45. The molecular weight excluding hydrogens is 262 g/mol. The highest BCUT2D eigenvalue weighted by Gasteiger charge is 2.17. The van der Waals surface area contributed by atoms with E-state index in [2.05, 4.69) is 4.98 Å². The van der Waals surface area contributed by atoms with Gasteiger partial charge in [0.25, 0.3) is 0 Å². The van der Waals surface area contributed by atoms with Gasteiger partial charge in [-0.05, 0) is 43.5 Å². The molecule has 0 saturated heterocycles. The van der Waals surface area contributed by atoms with Gasteiger partial charge in [-0.3, -0.25) is 0 Å². The Bertz CT molecular complexity index is 582. The number of aliphatic carboxylic acids is 1. The Hall–Kier alpha value is -1.88. The molecule has 1 N–H and O–H groups in total. The lowest BCUT2D eigenvalue weighted by molar-refractivity contribution is -0.139. The van der Waals surface area contributed by atoms with Gasteiger partial charge in [0.15, 0.2) is 6.61 Å². The van der Waals surface area contributed by atoms with E-state index in [0.717, 1.165) is 23.4 Å². The summed E-state index contributed by atoms with van der Waals surface area (Å²) < 4.78 is 5.10. The molecule has 98 valence electrons. The van der Waals surface area contributed by atoms with Gasteiger partial charge >= 0.3 is 5.97 Å². The van der Waals surface area contributed by atoms with Crippen LogP contribution in [-0.4, -0.2) is 22.7 Å². The number of carboxylic acid groups (broad SMARTS) is 1. The van der Waals surface area contributed by atoms with Crippen LogP contribution in [0.5, 0.6) is 5.75 Å². The number of thiazole rings is 1. The van der Waals surface area contributed by atoms with Crippen LogP contribution in [0.25, 0.3) is 10.6 Å². The zero-order valence-corrected chi connectivity index (χ0v) is 11.1. The molecule has 0 unspecified atom stereocenters. The number of rotatable bonds is 4. The fraction of sp³-hybridized carbons (Fsp3) is 0.286. The van der Waals surface area contributed by atoms with Crippen molar-refractivity contribution in [3.8, 4) is 16.3 Å². The van der Waals surface area contributed by atoms with E-state index in [1.54, 1.807) is 23.5 Å². The first-order valence-corrected chi connectivity index (χ1v) is 6.97. The minimum Gasteiger partial charge on any atom is -0.482 e. The molecule has 3 rings (SSSR count). The van der Waals surface area contributed by atoms with Crippen molar-refractivity contribution in [2.45, 2.75) is 19.3 Å². The van der Waals surface area contributed by atoms with Crippen LogP contribution in [-0.2, 0) is 17.6 Å². The summed E-state index contributed by atoms with van der Waals surface area (Å²) in [6.07, 6.45) is 3.45. The predicted octanol–water partition coefficient (Wildman–Crippen LogP) is 2.76. The molecule has 1 heterocycles. The van der Waals surface area contributed by atoms with Crippen LogP contribution in [0.4, 0.5) is 0 Å². The molecule has 0 saturated carbocycles. The number of ether oxygens (including phenoxy) is 1. The number of aryl methyl sites for hydroxylation is 2. The zero-order chi connectivity index (χ0) is 13.2. The molecule has 5 heteroatoms. The van der Waals surface area contributed by atoms with Gasteiger partial charge in [0, 0.05) is 10.4 Å². The van der Waals surface area contributed by atoms with E-state index in [9.17, 15) is 4.79 Å². The van der Waals surface area contributed by atoms with Crippen LogP contribution in [0.3, 0.4) is 0 Å². The Morgan fingerprint density at radius 1 is 1.32 bits per heavy atom. The minimum atomic E-state index is -0.972. The number of hydrogen-bond donors (Lipinski definition) is 1. The van der Waals surface area contributed by atoms with Crippen LogP contribution in [0, 0.1) is 0 Å². The largest absolute Gasteiger partial charge is 0.482 e. The monoisotopic (exact) mass is 275 g/mol. The molecule has 1 aliphatic rings. The van der Waals surface area contributed by atoms with Crippen LogP contribution in [0.1, 0.15) is 17.0 Å². The van der Waals surface area contributed by atoms with Gasteiger partial charge in [0.05, 0.1) is 5.69 Å². The van der Waals surface area contributed by atoms with E-state index in [-0.39, 0.29) is 6.61 Å². The van der Waals surface area contributed by atoms with Gasteiger partial charge in [0.1, 0.15) is 10.8 Å². The topological polar surface area (TPSA) is 59.4 Å². The maximum atomic E-state index is 10.4. The zero-order valence-electron chi connectivity index (χ0n) is 10.3. The first-order chi connectivity index (χ1) is 9.22. The fourth-order valence-electron chi connectivity index (χ4n) is 2.15. The molecule has 1 aliphatic carbocycles. The molecular formula is C14H13NO3S. The molecule has 1 aromatic carbocycles. The van der Waals surface area contributed by atoms with Crippen molar-refractivity contribution in [1.82, 2.24) is 4.98 Å². The molecule has 0 radical (unpaired) electrons. The Morgan fingerprint density at radius 3 is 2.79 bits per heavy atom. The van der Waals surface area contributed by atoms with Crippen molar-refractivity contribution < 1.29 is 14.6 Å².